The maximum atomic E-state index is 4.95. The Labute approximate surface area is 183 Å². The summed E-state index contributed by atoms with van der Waals surface area (Å²) in [5.74, 6) is 0.749. The zero-order valence-corrected chi connectivity index (χ0v) is 17.6. The van der Waals surface area contributed by atoms with E-state index in [0.29, 0.717) is 0 Å². The predicted molar refractivity (Wildman–Crippen MR) is 129 cm³/mol. The van der Waals surface area contributed by atoms with Crippen molar-refractivity contribution < 1.29 is 0 Å². The number of hydrogen-bond acceptors (Lipinski definition) is 2. The van der Waals surface area contributed by atoms with Gasteiger partial charge >= 0.3 is 0 Å². The van der Waals surface area contributed by atoms with Crippen LogP contribution in [-0.4, -0.2) is 9.97 Å². The van der Waals surface area contributed by atoms with Gasteiger partial charge in [-0.25, -0.2) is 9.97 Å². The molecule has 0 radical (unpaired) electrons. The largest absolute Gasteiger partial charge is 0.228 e. The fourth-order valence-corrected chi connectivity index (χ4v) is 3.98. The van der Waals surface area contributed by atoms with Crippen molar-refractivity contribution in [2.75, 3.05) is 0 Å². The molecule has 3 aromatic carbocycles. The first kappa shape index (κ1) is 19.2. The van der Waals surface area contributed by atoms with E-state index in [0.717, 1.165) is 46.7 Å². The molecule has 0 fully saturated rings. The molecule has 4 aromatic rings. The molecule has 0 N–H and O–H groups in total. The van der Waals surface area contributed by atoms with E-state index in [1.165, 1.54) is 16.7 Å². The molecule has 5 rings (SSSR count). The van der Waals surface area contributed by atoms with E-state index < -0.39 is 0 Å². The number of allylic oxidation sites excluding steroid dienone is 4. The Bertz CT molecular complexity index is 1210. The second-order valence-electron chi connectivity index (χ2n) is 7.96. The van der Waals surface area contributed by atoms with Gasteiger partial charge in [-0.15, -0.1) is 0 Å². The van der Waals surface area contributed by atoms with Gasteiger partial charge in [-0.05, 0) is 43.0 Å². The highest BCUT2D eigenvalue weighted by molar-refractivity contribution is 5.79. The fraction of sp³-hybridized carbons (Fsp3) is 0.103. The first-order chi connectivity index (χ1) is 15.3. The lowest BCUT2D eigenvalue weighted by Crippen LogP contribution is -1.97. The fourth-order valence-electron chi connectivity index (χ4n) is 3.98. The molecule has 0 saturated carbocycles. The molecule has 150 valence electrons. The Morgan fingerprint density at radius 2 is 1.19 bits per heavy atom. The van der Waals surface area contributed by atoms with Crippen LogP contribution in [0.5, 0.6) is 0 Å². The minimum Gasteiger partial charge on any atom is -0.228 e. The molecule has 0 unspecified atom stereocenters. The number of rotatable bonds is 4. The van der Waals surface area contributed by atoms with E-state index in [1.54, 1.807) is 0 Å². The Morgan fingerprint density at radius 3 is 1.81 bits per heavy atom. The van der Waals surface area contributed by atoms with Gasteiger partial charge in [-0.3, -0.25) is 0 Å². The van der Waals surface area contributed by atoms with Gasteiger partial charge in [-0.2, -0.15) is 0 Å². The molecular formula is C29H24N2. The Hall–Kier alpha value is -3.78. The second-order valence-corrected chi connectivity index (χ2v) is 7.96. The van der Waals surface area contributed by atoms with E-state index in [-0.39, 0.29) is 0 Å². The summed E-state index contributed by atoms with van der Waals surface area (Å²) in [5.41, 5.74) is 9.01. The molecule has 0 bridgehead atoms. The summed E-state index contributed by atoms with van der Waals surface area (Å²) in [4.78, 5) is 9.91. The average Bonchev–Trinajstić information content (AvgIpc) is 2.85. The summed E-state index contributed by atoms with van der Waals surface area (Å²) < 4.78 is 0. The lowest BCUT2D eigenvalue weighted by Gasteiger charge is -2.13. The van der Waals surface area contributed by atoms with Gasteiger partial charge in [0.1, 0.15) is 0 Å². The van der Waals surface area contributed by atoms with Gasteiger partial charge in [0.15, 0.2) is 5.82 Å². The van der Waals surface area contributed by atoms with Crippen molar-refractivity contribution in [3.8, 4) is 33.9 Å². The van der Waals surface area contributed by atoms with Crippen molar-refractivity contribution in [3.05, 3.63) is 114 Å². The molecule has 1 aliphatic carbocycles. The molecule has 0 saturated heterocycles. The minimum absolute atomic E-state index is 0.749. The van der Waals surface area contributed by atoms with Crippen LogP contribution in [0.15, 0.2) is 109 Å². The smallest absolute Gasteiger partial charge is 0.160 e. The van der Waals surface area contributed by atoms with Crippen molar-refractivity contribution in [2.24, 2.45) is 0 Å². The highest BCUT2D eigenvalue weighted by atomic mass is 14.9. The van der Waals surface area contributed by atoms with Crippen LogP contribution < -0.4 is 0 Å². The maximum absolute atomic E-state index is 4.95. The Morgan fingerprint density at radius 1 is 0.613 bits per heavy atom. The van der Waals surface area contributed by atoms with Crippen molar-refractivity contribution in [2.45, 2.75) is 19.8 Å². The van der Waals surface area contributed by atoms with Gasteiger partial charge in [-0.1, -0.05) is 96.6 Å². The Balaban J connectivity index is 1.64. The molecule has 1 aromatic heterocycles. The van der Waals surface area contributed by atoms with Crippen molar-refractivity contribution in [3.63, 3.8) is 0 Å². The van der Waals surface area contributed by atoms with Gasteiger partial charge in [0.05, 0.1) is 11.4 Å². The summed E-state index contributed by atoms with van der Waals surface area (Å²) in [6, 6.07) is 31.3. The molecule has 2 heteroatoms. The molecule has 0 aliphatic heterocycles. The van der Waals surface area contributed by atoms with Crippen LogP contribution in [-0.2, 0) is 0 Å². The van der Waals surface area contributed by atoms with Crippen LogP contribution in [0.25, 0.3) is 39.5 Å². The van der Waals surface area contributed by atoms with E-state index in [1.807, 2.05) is 36.4 Å². The highest BCUT2D eigenvalue weighted by Crippen LogP contribution is 2.30. The molecule has 2 nitrogen and oxygen atoms in total. The Kier molecular flexibility index (Phi) is 5.28. The highest BCUT2D eigenvalue weighted by Gasteiger charge is 2.12. The van der Waals surface area contributed by atoms with Gasteiger partial charge < -0.3 is 0 Å². The van der Waals surface area contributed by atoms with Gasteiger partial charge in [0.25, 0.3) is 0 Å². The van der Waals surface area contributed by atoms with Crippen molar-refractivity contribution in [1.82, 2.24) is 9.97 Å². The maximum Gasteiger partial charge on any atom is 0.160 e. The summed E-state index contributed by atoms with van der Waals surface area (Å²) in [6.45, 7) is 2.20. The lowest BCUT2D eigenvalue weighted by atomic mass is 9.94. The molecular weight excluding hydrogens is 376 g/mol. The first-order valence-corrected chi connectivity index (χ1v) is 10.7. The minimum atomic E-state index is 0.749. The summed E-state index contributed by atoms with van der Waals surface area (Å²) in [5, 5.41) is 0. The topological polar surface area (TPSA) is 25.8 Å². The van der Waals surface area contributed by atoms with Crippen LogP contribution in [0.3, 0.4) is 0 Å². The van der Waals surface area contributed by atoms with E-state index in [2.05, 4.69) is 73.7 Å². The molecule has 1 heterocycles. The lowest BCUT2D eigenvalue weighted by molar-refractivity contribution is 0.966. The van der Waals surface area contributed by atoms with Crippen LogP contribution in [0, 0.1) is 0 Å². The van der Waals surface area contributed by atoms with Crippen molar-refractivity contribution in [1.29, 1.82) is 0 Å². The van der Waals surface area contributed by atoms with Gasteiger partial charge in [0, 0.05) is 16.7 Å². The quantitative estimate of drug-likeness (QED) is 0.352. The normalized spacial score (nSPS) is 13.5. The van der Waals surface area contributed by atoms with Crippen LogP contribution >= 0.6 is 0 Å². The van der Waals surface area contributed by atoms with Crippen LogP contribution in [0.1, 0.15) is 25.3 Å². The van der Waals surface area contributed by atoms with E-state index >= 15 is 0 Å². The average molecular weight is 401 g/mol. The van der Waals surface area contributed by atoms with Crippen LogP contribution in [0.2, 0.25) is 0 Å². The third kappa shape index (κ3) is 4.24. The third-order valence-corrected chi connectivity index (χ3v) is 5.62. The first-order valence-electron chi connectivity index (χ1n) is 10.7. The molecule has 0 amide bonds. The summed E-state index contributed by atoms with van der Waals surface area (Å²) >= 11 is 0. The van der Waals surface area contributed by atoms with Crippen LogP contribution in [0.4, 0.5) is 0 Å². The van der Waals surface area contributed by atoms with E-state index in [4.69, 9.17) is 9.97 Å². The molecule has 0 spiro atoms. The standard InChI is InChI=1S/C29H24N2/c1-21-10-8-15-24(18-21)25-16-9-17-26(19-25)29-30-27(22-11-4-2-5-12-22)20-28(31-29)23-13-6-3-7-14-23/h2-7,9,11-20H,8,10H2,1H3. The summed E-state index contributed by atoms with van der Waals surface area (Å²) in [6.07, 6.45) is 6.86. The third-order valence-electron chi connectivity index (χ3n) is 5.62. The molecule has 0 atom stereocenters. The molecule has 1 aliphatic rings. The van der Waals surface area contributed by atoms with Crippen molar-refractivity contribution >= 4 is 5.57 Å². The molecule has 31 heavy (non-hydrogen) atoms. The zero-order valence-electron chi connectivity index (χ0n) is 17.6. The number of aromatic nitrogens is 2. The van der Waals surface area contributed by atoms with Gasteiger partial charge in [0.2, 0.25) is 0 Å². The predicted octanol–water partition coefficient (Wildman–Crippen LogP) is 7.60. The second kappa shape index (κ2) is 8.53. The zero-order chi connectivity index (χ0) is 21.0. The SMILES string of the molecule is CC1=CC(c2cccc(-c3nc(-c4ccccc4)cc(-c4ccccc4)n3)c2)=CCC1. The number of benzene rings is 3. The summed E-state index contributed by atoms with van der Waals surface area (Å²) in [7, 11) is 0. The van der Waals surface area contributed by atoms with E-state index in [9.17, 15) is 0 Å². The number of nitrogens with zero attached hydrogens (tertiary/aromatic N) is 2. The number of hydrogen-bond donors (Lipinski definition) is 0. The monoisotopic (exact) mass is 400 g/mol.